The third-order valence-corrected chi connectivity index (χ3v) is 3.84. The highest BCUT2D eigenvalue weighted by Gasteiger charge is 2.02. The third kappa shape index (κ3) is 15.9. The van der Waals surface area contributed by atoms with Crippen molar-refractivity contribution in [3.05, 3.63) is 0 Å². The van der Waals surface area contributed by atoms with Crippen molar-refractivity contribution in [2.45, 2.75) is 103 Å². The van der Waals surface area contributed by atoms with E-state index in [-0.39, 0.29) is 6.10 Å². The van der Waals surface area contributed by atoms with Crippen molar-refractivity contribution >= 4 is 0 Å². The highest BCUT2D eigenvalue weighted by atomic mass is 16.3. The van der Waals surface area contributed by atoms with Crippen LogP contribution in [0.5, 0.6) is 0 Å². The fourth-order valence-corrected chi connectivity index (χ4v) is 2.50. The van der Waals surface area contributed by atoms with E-state index < -0.39 is 0 Å². The molecule has 1 atom stereocenters. The van der Waals surface area contributed by atoms with E-state index in [2.05, 4.69) is 6.92 Å². The second-order valence-electron chi connectivity index (χ2n) is 5.84. The lowest BCUT2D eigenvalue weighted by Crippen LogP contribution is -2.05. The molecule has 0 aromatic heterocycles. The van der Waals surface area contributed by atoms with E-state index in [4.69, 9.17) is 5.11 Å². The molecule has 2 nitrogen and oxygen atoms in total. The van der Waals surface area contributed by atoms with Crippen molar-refractivity contribution < 1.29 is 10.2 Å². The number of aliphatic hydroxyl groups is 2. The molecule has 1 unspecified atom stereocenters. The smallest absolute Gasteiger partial charge is 0.0540 e. The molecule has 0 saturated heterocycles. The first-order valence-electron chi connectivity index (χ1n) is 8.60. The Bertz CT molecular complexity index is 159. The summed E-state index contributed by atoms with van der Waals surface area (Å²) in [6, 6.07) is 0. The van der Waals surface area contributed by atoms with Gasteiger partial charge in [-0.3, -0.25) is 0 Å². The molecule has 0 aromatic rings. The van der Waals surface area contributed by atoms with Gasteiger partial charge in [0.15, 0.2) is 0 Å². The van der Waals surface area contributed by atoms with Crippen LogP contribution in [0.15, 0.2) is 0 Å². The number of rotatable bonds is 15. The van der Waals surface area contributed by atoms with Crippen molar-refractivity contribution in [2.24, 2.45) is 0 Å². The maximum atomic E-state index is 9.78. The van der Waals surface area contributed by atoms with Gasteiger partial charge in [0.05, 0.1) is 6.10 Å². The average Bonchev–Trinajstić information content (AvgIpc) is 2.41. The van der Waals surface area contributed by atoms with Crippen molar-refractivity contribution in [1.29, 1.82) is 0 Å². The van der Waals surface area contributed by atoms with Crippen LogP contribution in [0.4, 0.5) is 0 Å². The third-order valence-electron chi connectivity index (χ3n) is 3.84. The lowest BCUT2D eigenvalue weighted by molar-refractivity contribution is 0.147. The summed E-state index contributed by atoms with van der Waals surface area (Å²) < 4.78 is 0. The lowest BCUT2D eigenvalue weighted by atomic mass is 10.0. The van der Waals surface area contributed by atoms with Crippen LogP contribution in [0, 0.1) is 0 Å². The normalized spacial score (nSPS) is 12.8. The Kier molecular flexibility index (Phi) is 15.9. The van der Waals surface area contributed by atoms with E-state index in [1.54, 1.807) is 0 Å². The molecule has 0 fully saturated rings. The summed E-state index contributed by atoms with van der Waals surface area (Å²) in [5.41, 5.74) is 0. The maximum Gasteiger partial charge on any atom is 0.0540 e. The monoisotopic (exact) mass is 272 g/mol. The van der Waals surface area contributed by atoms with Crippen molar-refractivity contribution in [2.75, 3.05) is 6.61 Å². The van der Waals surface area contributed by atoms with Gasteiger partial charge in [-0.2, -0.15) is 0 Å². The zero-order valence-corrected chi connectivity index (χ0v) is 13.1. The van der Waals surface area contributed by atoms with E-state index in [9.17, 15) is 5.11 Å². The summed E-state index contributed by atoms with van der Waals surface area (Å²) in [7, 11) is 0. The fraction of sp³-hybridized carbons (Fsp3) is 1.00. The van der Waals surface area contributed by atoms with Gasteiger partial charge in [0.1, 0.15) is 0 Å². The second-order valence-corrected chi connectivity index (χ2v) is 5.84. The largest absolute Gasteiger partial charge is 0.396 e. The van der Waals surface area contributed by atoms with E-state index in [1.807, 2.05) is 0 Å². The lowest BCUT2D eigenvalue weighted by Gasteiger charge is -2.09. The van der Waals surface area contributed by atoms with Gasteiger partial charge < -0.3 is 10.2 Å². The minimum absolute atomic E-state index is 0.0509. The van der Waals surface area contributed by atoms with E-state index in [0.717, 1.165) is 19.3 Å². The molecule has 0 amide bonds. The van der Waals surface area contributed by atoms with Gasteiger partial charge in [-0.15, -0.1) is 0 Å². The Labute approximate surface area is 120 Å². The summed E-state index contributed by atoms with van der Waals surface area (Å²) in [6.45, 7) is 2.55. The molecule has 116 valence electrons. The first-order chi connectivity index (χ1) is 9.31. The zero-order chi connectivity index (χ0) is 14.2. The Morgan fingerprint density at radius 2 is 1.05 bits per heavy atom. The number of unbranched alkanes of at least 4 members (excludes halogenated alkanes) is 10. The molecular weight excluding hydrogens is 236 g/mol. The van der Waals surface area contributed by atoms with Crippen molar-refractivity contribution in [3.8, 4) is 0 Å². The molecule has 0 aliphatic rings. The number of aliphatic hydroxyl groups excluding tert-OH is 2. The molecule has 0 aromatic carbocycles. The molecule has 0 aliphatic heterocycles. The van der Waals surface area contributed by atoms with Crippen LogP contribution in [0.25, 0.3) is 0 Å². The molecule has 0 bridgehead atoms. The molecule has 2 heteroatoms. The SMILES string of the molecule is CCCCCC(O)CCCCCCCCCCCO. The Morgan fingerprint density at radius 1 is 0.632 bits per heavy atom. The van der Waals surface area contributed by atoms with E-state index >= 15 is 0 Å². The van der Waals surface area contributed by atoms with Crippen LogP contribution in [0.3, 0.4) is 0 Å². The summed E-state index contributed by atoms with van der Waals surface area (Å²) in [4.78, 5) is 0. The van der Waals surface area contributed by atoms with Crippen LogP contribution < -0.4 is 0 Å². The first kappa shape index (κ1) is 18.9. The second kappa shape index (κ2) is 16.0. The molecule has 0 heterocycles. The molecule has 0 aliphatic carbocycles. The van der Waals surface area contributed by atoms with Gasteiger partial charge in [-0.05, 0) is 19.3 Å². The molecule has 19 heavy (non-hydrogen) atoms. The topological polar surface area (TPSA) is 40.5 Å². The molecule has 0 saturated carbocycles. The Balaban J connectivity index is 3.05. The molecular formula is C17H36O2. The van der Waals surface area contributed by atoms with Gasteiger partial charge in [0, 0.05) is 6.61 Å². The molecule has 0 spiro atoms. The summed E-state index contributed by atoms with van der Waals surface area (Å²) >= 11 is 0. The Morgan fingerprint density at radius 3 is 1.53 bits per heavy atom. The summed E-state index contributed by atoms with van der Waals surface area (Å²) in [6.07, 6.45) is 16.8. The van der Waals surface area contributed by atoms with Gasteiger partial charge in [0.25, 0.3) is 0 Å². The van der Waals surface area contributed by atoms with Crippen LogP contribution in [0.1, 0.15) is 96.8 Å². The standard InChI is InChI=1S/C17H36O2/c1-2-3-11-14-17(19)15-12-9-7-5-4-6-8-10-13-16-18/h17-19H,2-16H2,1H3. The van der Waals surface area contributed by atoms with E-state index in [1.165, 1.54) is 70.6 Å². The minimum Gasteiger partial charge on any atom is -0.396 e. The summed E-state index contributed by atoms with van der Waals surface area (Å²) in [5, 5.41) is 18.4. The van der Waals surface area contributed by atoms with Gasteiger partial charge >= 0.3 is 0 Å². The molecule has 0 radical (unpaired) electrons. The van der Waals surface area contributed by atoms with Crippen LogP contribution in [-0.4, -0.2) is 22.9 Å². The quantitative estimate of drug-likeness (QED) is 0.420. The van der Waals surface area contributed by atoms with E-state index in [0.29, 0.717) is 6.61 Å². The van der Waals surface area contributed by atoms with Gasteiger partial charge in [-0.1, -0.05) is 77.6 Å². The zero-order valence-electron chi connectivity index (χ0n) is 13.1. The van der Waals surface area contributed by atoms with Crippen LogP contribution in [0.2, 0.25) is 0 Å². The summed E-state index contributed by atoms with van der Waals surface area (Å²) in [5.74, 6) is 0. The predicted octanol–water partition coefficient (Wildman–Crippen LogP) is 4.82. The van der Waals surface area contributed by atoms with Gasteiger partial charge in [0.2, 0.25) is 0 Å². The van der Waals surface area contributed by atoms with Crippen molar-refractivity contribution in [1.82, 2.24) is 0 Å². The fourth-order valence-electron chi connectivity index (χ4n) is 2.50. The van der Waals surface area contributed by atoms with Crippen LogP contribution >= 0.6 is 0 Å². The van der Waals surface area contributed by atoms with Crippen LogP contribution in [-0.2, 0) is 0 Å². The highest BCUT2D eigenvalue weighted by molar-refractivity contribution is 4.57. The predicted molar refractivity (Wildman–Crippen MR) is 83.4 cm³/mol. The minimum atomic E-state index is -0.0509. The molecule has 0 rings (SSSR count). The highest BCUT2D eigenvalue weighted by Crippen LogP contribution is 2.13. The Hall–Kier alpha value is -0.0800. The number of hydrogen-bond acceptors (Lipinski definition) is 2. The first-order valence-corrected chi connectivity index (χ1v) is 8.60. The number of hydrogen-bond donors (Lipinski definition) is 2. The maximum absolute atomic E-state index is 9.78. The molecule has 2 N–H and O–H groups in total. The van der Waals surface area contributed by atoms with Crippen molar-refractivity contribution in [3.63, 3.8) is 0 Å². The average molecular weight is 272 g/mol. The van der Waals surface area contributed by atoms with Gasteiger partial charge in [-0.25, -0.2) is 0 Å².